The van der Waals surface area contributed by atoms with E-state index in [9.17, 15) is 5.11 Å². The molecule has 0 aliphatic rings. The van der Waals surface area contributed by atoms with E-state index in [0.29, 0.717) is 6.54 Å². The smallest absolute Gasteiger partial charge is 0.216 e. The van der Waals surface area contributed by atoms with Gasteiger partial charge in [0.1, 0.15) is 0 Å². The van der Waals surface area contributed by atoms with Gasteiger partial charge in [-0.15, -0.1) is 0 Å². The van der Waals surface area contributed by atoms with E-state index in [0.717, 1.165) is 17.1 Å². The van der Waals surface area contributed by atoms with Crippen LogP contribution in [0.25, 0.3) is 0 Å². The van der Waals surface area contributed by atoms with Crippen molar-refractivity contribution in [3.8, 4) is 5.88 Å². The zero-order valence-electron chi connectivity index (χ0n) is 12.5. The molecule has 0 aliphatic carbocycles. The van der Waals surface area contributed by atoms with Gasteiger partial charge in [-0.1, -0.05) is 0 Å². The Morgan fingerprint density at radius 3 is 2.33 bits per heavy atom. The summed E-state index contributed by atoms with van der Waals surface area (Å²) in [5.74, 6) is 0.756. The predicted molar refractivity (Wildman–Crippen MR) is 71.7 cm³/mol. The fraction of sp³-hybridized carbons (Fsp3) is 0.769. The summed E-state index contributed by atoms with van der Waals surface area (Å²) in [6.07, 6.45) is 0. The second kappa shape index (κ2) is 4.90. The number of nitrogens with zero attached hydrogens (tertiary/aromatic N) is 2. The molecule has 1 aromatic rings. The van der Waals surface area contributed by atoms with Crippen LogP contribution in [0.5, 0.6) is 5.88 Å². The minimum Gasteiger partial charge on any atom is -0.481 e. The Labute approximate surface area is 109 Å². The van der Waals surface area contributed by atoms with Gasteiger partial charge in [-0.25, -0.2) is 4.68 Å². The first-order valence-corrected chi connectivity index (χ1v) is 6.14. The van der Waals surface area contributed by atoms with Crippen LogP contribution < -0.4 is 10.1 Å². The Balaban J connectivity index is 2.87. The molecule has 104 valence electrons. The standard InChI is InChI=1S/C13H25N3O2/c1-9-10(11(18-7)16(6)15-9)8-14-12(2,3)13(4,5)17/h14,17H,8H2,1-7H3. The van der Waals surface area contributed by atoms with Gasteiger partial charge in [-0.05, 0) is 34.6 Å². The number of nitrogens with one attached hydrogen (secondary N) is 1. The second-order valence-corrected chi connectivity index (χ2v) is 5.73. The number of rotatable bonds is 5. The third kappa shape index (κ3) is 2.84. The number of ether oxygens (including phenoxy) is 1. The van der Waals surface area contributed by atoms with E-state index >= 15 is 0 Å². The molecule has 1 heterocycles. The van der Waals surface area contributed by atoms with Gasteiger partial charge >= 0.3 is 0 Å². The first-order chi connectivity index (χ1) is 8.10. The number of aliphatic hydroxyl groups is 1. The normalized spacial score (nSPS) is 12.9. The lowest BCUT2D eigenvalue weighted by molar-refractivity contribution is -0.00542. The molecule has 0 aromatic carbocycles. The van der Waals surface area contributed by atoms with Crippen molar-refractivity contribution in [3.05, 3.63) is 11.3 Å². The zero-order valence-corrected chi connectivity index (χ0v) is 12.5. The monoisotopic (exact) mass is 255 g/mol. The summed E-state index contributed by atoms with van der Waals surface area (Å²) in [6, 6.07) is 0. The van der Waals surface area contributed by atoms with Gasteiger partial charge in [0.2, 0.25) is 5.88 Å². The van der Waals surface area contributed by atoms with Crippen LogP contribution in [0, 0.1) is 6.92 Å². The molecule has 1 aromatic heterocycles. The molecular weight excluding hydrogens is 230 g/mol. The predicted octanol–water partition coefficient (Wildman–Crippen LogP) is 1.38. The molecule has 18 heavy (non-hydrogen) atoms. The van der Waals surface area contributed by atoms with E-state index in [1.807, 2.05) is 27.8 Å². The summed E-state index contributed by atoms with van der Waals surface area (Å²) in [4.78, 5) is 0. The Morgan fingerprint density at radius 1 is 1.33 bits per heavy atom. The molecule has 0 saturated carbocycles. The highest BCUT2D eigenvalue weighted by atomic mass is 16.5. The summed E-state index contributed by atoms with van der Waals surface area (Å²) in [5.41, 5.74) is 0.752. The van der Waals surface area contributed by atoms with Crippen molar-refractivity contribution < 1.29 is 9.84 Å². The van der Waals surface area contributed by atoms with Gasteiger partial charge in [-0.3, -0.25) is 0 Å². The number of aryl methyl sites for hydroxylation is 2. The van der Waals surface area contributed by atoms with Crippen LogP contribution in [0.4, 0.5) is 0 Å². The quantitative estimate of drug-likeness (QED) is 0.834. The maximum atomic E-state index is 10.1. The molecule has 0 saturated heterocycles. The summed E-state index contributed by atoms with van der Waals surface area (Å²) >= 11 is 0. The Hall–Kier alpha value is -1.07. The fourth-order valence-electron chi connectivity index (χ4n) is 1.67. The van der Waals surface area contributed by atoms with Gasteiger partial charge in [0.15, 0.2) is 0 Å². The van der Waals surface area contributed by atoms with Crippen molar-refractivity contribution in [1.82, 2.24) is 15.1 Å². The number of aromatic nitrogens is 2. The van der Waals surface area contributed by atoms with Crippen LogP contribution in [0.1, 0.15) is 39.0 Å². The van der Waals surface area contributed by atoms with Crippen molar-refractivity contribution in [2.45, 2.75) is 52.3 Å². The van der Waals surface area contributed by atoms with Crippen LogP contribution in [-0.2, 0) is 13.6 Å². The molecule has 0 atom stereocenters. The SMILES string of the molecule is COc1c(CNC(C)(C)C(C)(C)O)c(C)nn1C. The van der Waals surface area contributed by atoms with Gasteiger partial charge < -0.3 is 15.2 Å². The molecule has 0 aliphatic heterocycles. The van der Waals surface area contributed by atoms with Crippen LogP contribution in [0.15, 0.2) is 0 Å². The third-order valence-corrected chi connectivity index (χ3v) is 3.72. The molecule has 0 radical (unpaired) electrons. The molecule has 0 fully saturated rings. The molecule has 1 rings (SSSR count). The van der Waals surface area contributed by atoms with E-state index in [1.165, 1.54) is 0 Å². The van der Waals surface area contributed by atoms with Gasteiger partial charge in [0, 0.05) is 19.1 Å². The Morgan fingerprint density at radius 2 is 1.89 bits per heavy atom. The van der Waals surface area contributed by atoms with Crippen LogP contribution in [0.3, 0.4) is 0 Å². The van der Waals surface area contributed by atoms with Crippen molar-refractivity contribution in [3.63, 3.8) is 0 Å². The summed E-state index contributed by atoms with van der Waals surface area (Å²) in [6.45, 7) is 10.1. The minimum absolute atomic E-state index is 0.402. The average Bonchev–Trinajstić information content (AvgIpc) is 2.48. The largest absolute Gasteiger partial charge is 0.481 e. The topological polar surface area (TPSA) is 59.3 Å². The highest BCUT2D eigenvalue weighted by Crippen LogP contribution is 2.24. The van der Waals surface area contributed by atoms with Crippen LogP contribution in [0.2, 0.25) is 0 Å². The van der Waals surface area contributed by atoms with E-state index in [-0.39, 0.29) is 0 Å². The summed E-state index contributed by atoms with van der Waals surface area (Å²) in [5, 5.41) is 17.8. The highest BCUT2D eigenvalue weighted by molar-refractivity contribution is 5.31. The van der Waals surface area contributed by atoms with Crippen LogP contribution in [-0.4, -0.2) is 33.1 Å². The second-order valence-electron chi connectivity index (χ2n) is 5.73. The van der Waals surface area contributed by atoms with Crippen LogP contribution >= 0.6 is 0 Å². The summed E-state index contributed by atoms with van der Waals surface area (Å²) < 4.78 is 7.07. The van der Waals surface area contributed by atoms with Crippen molar-refractivity contribution >= 4 is 0 Å². The van der Waals surface area contributed by atoms with Gasteiger partial charge in [0.05, 0.1) is 24.0 Å². The van der Waals surface area contributed by atoms with Gasteiger partial charge in [0.25, 0.3) is 0 Å². The molecule has 5 heteroatoms. The van der Waals surface area contributed by atoms with Gasteiger partial charge in [-0.2, -0.15) is 5.10 Å². The van der Waals surface area contributed by atoms with E-state index in [4.69, 9.17) is 4.74 Å². The molecule has 5 nitrogen and oxygen atoms in total. The minimum atomic E-state index is -0.809. The molecule has 0 spiro atoms. The van der Waals surface area contributed by atoms with E-state index in [2.05, 4.69) is 10.4 Å². The van der Waals surface area contributed by atoms with E-state index < -0.39 is 11.1 Å². The first kappa shape index (κ1) is 15.0. The summed E-state index contributed by atoms with van der Waals surface area (Å²) in [7, 11) is 3.50. The maximum absolute atomic E-state index is 10.1. The number of methoxy groups -OCH3 is 1. The lowest BCUT2D eigenvalue weighted by Crippen LogP contribution is -2.55. The zero-order chi connectivity index (χ0) is 14.1. The fourth-order valence-corrected chi connectivity index (χ4v) is 1.67. The number of hydrogen-bond donors (Lipinski definition) is 2. The van der Waals surface area contributed by atoms with Crippen molar-refractivity contribution in [2.24, 2.45) is 7.05 Å². The molecular formula is C13H25N3O2. The Kier molecular flexibility index (Phi) is 4.08. The number of hydrogen-bond acceptors (Lipinski definition) is 4. The van der Waals surface area contributed by atoms with Crippen molar-refractivity contribution in [1.29, 1.82) is 0 Å². The van der Waals surface area contributed by atoms with Crippen molar-refractivity contribution in [2.75, 3.05) is 7.11 Å². The third-order valence-electron chi connectivity index (χ3n) is 3.72. The molecule has 2 N–H and O–H groups in total. The Bertz CT molecular complexity index is 417. The lowest BCUT2D eigenvalue weighted by atomic mass is 9.86. The molecule has 0 amide bonds. The molecule has 0 unspecified atom stereocenters. The maximum Gasteiger partial charge on any atom is 0.216 e. The average molecular weight is 255 g/mol. The first-order valence-electron chi connectivity index (χ1n) is 6.14. The molecule has 0 bridgehead atoms. The lowest BCUT2D eigenvalue weighted by Gasteiger charge is -2.38. The van der Waals surface area contributed by atoms with E-state index in [1.54, 1.807) is 25.6 Å². The highest BCUT2D eigenvalue weighted by Gasteiger charge is 2.34.